The molecule has 3 aromatic rings. The Hall–Kier alpha value is -3.39. The number of sulfone groups is 1. The average Bonchev–Trinajstić information content (AvgIpc) is 3.38. The lowest BCUT2D eigenvalue weighted by atomic mass is 9.94. The summed E-state index contributed by atoms with van der Waals surface area (Å²) in [6, 6.07) is 8.98. The van der Waals surface area contributed by atoms with Crippen molar-refractivity contribution in [1.29, 1.82) is 5.26 Å². The first-order valence-corrected chi connectivity index (χ1v) is 11.8. The van der Waals surface area contributed by atoms with Crippen LogP contribution in [0.1, 0.15) is 46.8 Å². The van der Waals surface area contributed by atoms with Crippen molar-refractivity contribution in [1.82, 2.24) is 9.61 Å². The number of hydrogen-bond acceptors (Lipinski definition) is 5. The Bertz CT molecular complexity index is 1480. The lowest BCUT2D eigenvalue weighted by Gasteiger charge is -2.14. The zero-order valence-electron chi connectivity index (χ0n) is 17.3. The van der Waals surface area contributed by atoms with Crippen molar-refractivity contribution in [3.8, 4) is 6.07 Å². The number of anilines is 1. The highest BCUT2D eigenvalue weighted by Crippen LogP contribution is 2.48. The van der Waals surface area contributed by atoms with Gasteiger partial charge in [-0.25, -0.2) is 12.9 Å². The van der Waals surface area contributed by atoms with Crippen LogP contribution in [-0.2, 0) is 28.0 Å². The fourth-order valence-corrected chi connectivity index (χ4v) is 5.36. The van der Waals surface area contributed by atoms with Crippen LogP contribution in [0.5, 0.6) is 0 Å². The number of fused-ring (bicyclic) bond motifs is 2. The number of aromatic nitrogens is 2. The second kappa shape index (κ2) is 6.81. The number of hydrogen-bond donors (Lipinski definition) is 0. The van der Waals surface area contributed by atoms with E-state index in [1.54, 1.807) is 18.2 Å². The molecular formula is C22H17F3N4O3S. The van der Waals surface area contributed by atoms with Gasteiger partial charge >= 0.3 is 6.18 Å². The quantitative estimate of drug-likeness (QED) is 0.572. The van der Waals surface area contributed by atoms with E-state index in [1.165, 1.54) is 11.8 Å². The second-order valence-corrected chi connectivity index (χ2v) is 10.5. The molecule has 3 heterocycles. The normalized spacial score (nSPS) is 17.3. The molecule has 0 unspecified atom stereocenters. The molecule has 0 spiro atoms. The van der Waals surface area contributed by atoms with Crippen LogP contribution in [0.15, 0.2) is 41.4 Å². The molecule has 1 fully saturated rings. The molecule has 2 aromatic heterocycles. The molecule has 170 valence electrons. The number of nitrogens with zero attached hydrogens (tertiary/aromatic N) is 4. The third kappa shape index (κ3) is 3.20. The van der Waals surface area contributed by atoms with E-state index in [9.17, 15) is 31.6 Å². The van der Waals surface area contributed by atoms with Gasteiger partial charge in [-0.3, -0.25) is 9.69 Å². The zero-order valence-corrected chi connectivity index (χ0v) is 18.2. The van der Waals surface area contributed by atoms with E-state index in [1.807, 2.05) is 0 Å². The number of alkyl halides is 3. The third-order valence-electron chi connectivity index (χ3n) is 6.28. The minimum absolute atomic E-state index is 0.0241. The van der Waals surface area contributed by atoms with Gasteiger partial charge in [-0.2, -0.15) is 18.4 Å². The van der Waals surface area contributed by atoms with Crippen LogP contribution in [0.25, 0.3) is 5.52 Å². The fraction of sp³-hybridized carbons (Fsp3) is 0.318. The maximum absolute atomic E-state index is 13.3. The van der Waals surface area contributed by atoms with E-state index in [2.05, 4.69) is 11.2 Å². The van der Waals surface area contributed by atoms with E-state index in [0.717, 1.165) is 28.4 Å². The first-order chi connectivity index (χ1) is 15.5. The number of carbonyl (C=O) groups excluding carboxylic acids is 1. The Kier molecular flexibility index (Phi) is 4.42. The van der Waals surface area contributed by atoms with Crippen molar-refractivity contribution in [3.63, 3.8) is 0 Å². The molecule has 7 nitrogen and oxygen atoms in total. The van der Waals surface area contributed by atoms with Crippen molar-refractivity contribution in [2.24, 2.45) is 0 Å². The van der Waals surface area contributed by atoms with Crippen LogP contribution in [0.4, 0.5) is 19.0 Å². The highest BCUT2D eigenvalue weighted by molar-refractivity contribution is 7.91. The predicted octanol–water partition coefficient (Wildman–Crippen LogP) is 3.86. The maximum Gasteiger partial charge on any atom is 0.416 e. The first-order valence-electron chi connectivity index (χ1n) is 10.2. The van der Waals surface area contributed by atoms with Gasteiger partial charge in [-0.05, 0) is 42.2 Å². The summed E-state index contributed by atoms with van der Waals surface area (Å²) < 4.78 is 66.7. The van der Waals surface area contributed by atoms with Crippen LogP contribution in [0, 0.1) is 11.3 Å². The first kappa shape index (κ1) is 21.5. The minimum atomic E-state index is -4.67. The summed E-state index contributed by atoms with van der Waals surface area (Å²) >= 11 is 0. The highest BCUT2D eigenvalue weighted by atomic mass is 32.2. The van der Waals surface area contributed by atoms with E-state index in [0.29, 0.717) is 24.0 Å². The number of rotatable bonds is 4. The van der Waals surface area contributed by atoms with Crippen molar-refractivity contribution >= 4 is 27.1 Å². The number of nitriles is 1. The Labute approximate surface area is 187 Å². The van der Waals surface area contributed by atoms with Gasteiger partial charge in [0.1, 0.15) is 4.90 Å². The number of pyridine rings is 1. The molecule has 5 rings (SSSR count). The number of halogens is 3. The van der Waals surface area contributed by atoms with E-state index < -0.39 is 37.8 Å². The summed E-state index contributed by atoms with van der Waals surface area (Å²) in [6.45, 7) is 1.40. The summed E-state index contributed by atoms with van der Waals surface area (Å²) in [6.07, 6.45) is -2.24. The summed E-state index contributed by atoms with van der Waals surface area (Å²) in [7, 11) is -4.04. The van der Waals surface area contributed by atoms with Gasteiger partial charge in [-0.1, -0.05) is 19.1 Å². The lowest BCUT2D eigenvalue weighted by molar-refractivity contribution is -0.137. The molecule has 1 aromatic carbocycles. The van der Waals surface area contributed by atoms with Gasteiger partial charge in [0, 0.05) is 11.8 Å². The summed E-state index contributed by atoms with van der Waals surface area (Å²) in [4.78, 5) is 14.0. The minimum Gasteiger partial charge on any atom is -0.286 e. The topological polar surface area (TPSA) is 95.5 Å². The molecule has 0 atom stereocenters. The molecule has 1 amide bonds. The van der Waals surface area contributed by atoms with Crippen LogP contribution in [0.2, 0.25) is 0 Å². The highest BCUT2D eigenvalue weighted by Gasteiger charge is 2.46. The average molecular weight is 474 g/mol. The monoisotopic (exact) mass is 474 g/mol. The number of benzene rings is 1. The lowest BCUT2D eigenvalue weighted by Crippen LogP contribution is -2.25. The van der Waals surface area contributed by atoms with Crippen LogP contribution < -0.4 is 4.90 Å². The number of amides is 1. The molecular weight excluding hydrogens is 457 g/mol. The van der Waals surface area contributed by atoms with Gasteiger partial charge < -0.3 is 0 Å². The molecule has 11 heteroatoms. The van der Waals surface area contributed by atoms with Crippen LogP contribution in [-0.4, -0.2) is 29.7 Å². The Morgan fingerprint density at radius 2 is 1.94 bits per heavy atom. The van der Waals surface area contributed by atoms with E-state index in [4.69, 9.17) is 0 Å². The van der Waals surface area contributed by atoms with Gasteiger partial charge in [0.05, 0.1) is 34.9 Å². The fourth-order valence-electron chi connectivity index (χ4n) is 4.17. The van der Waals surface area contributed by atoms with Crippen LogP contribution in [0.3, 0.4) is 0 Å². The van der Waals surface area contributed by atoms with Gasteiger partial charge in [0.2, 0.25) is 0 Å². The Morgan fingerprint density at radius 1 is 1.21 bits per heavy atom. The molecule has 0 saturated heterocycles. The van der Waals surface area contributed by atoms with Gasteiger partial charge in [0.25, 0.3) is 5.91 Å². The molecule has 1 aliphatic heterocycles. The van der Waals surface area contributed by atoms with Crippen molar-refractivity contribution in [2.75, 3.05) is 10.7 Å². The van der Waals surface area contributed by atoms with Crippen molar-refractivity contribution < 1.29 is 26.4 Å². The summed E-state index contributed by atoms with van der Waals surface area (Å²) in [5, 5.41) is 13.7. The largest absolute Gasteiger partial charge is 0.416 e. The molecule has 0 bridgehead atoms. The smallest absolute Gasteiger partial charge is 0.286 e. The molecule has 1 aliphatic carbocycles. The number of carbonyl (C=O) groups is 1. The SMILES string of the molecule is CCS(=O)(=O)c1c(N2Cc3ccc(C4(C#N)CC4)cc3C2=O)nn2ccc(C(F)(F)F)cc12. The molecule has 2 aliphatic rings. The zero-order chi connectivity index (χ0) is 23.8. The molecule has 1 saturated carbocycles. The summed E-state index contributed by atoms with van der Waals surface area (Å²) in [5.41, 5.74) is -0.165. The third-order valence-corrected chi connectivity index (χ3v) is 8.05. The molecule has 0 N–H and O–H groups in total. The Balaban J connectivity index is 1.66. The second-order valence-electron chi connectivity index (χ2n) is 8.26. The van der Waals surface area contributed by atoms with Crippen molar-refractivity contribution in [2.45, 2.75) is 42.8 Å². The molecule has 0 radical (unpaired) electrons. The van der Waals surface area contributed by atoms with Crippen LogP contribution >= 0.6 is 0 Å². The van der Waals surface area contributed by atoms with Gasteiger partial charge in [0.15, 0.2) is 15.7 Å². The van der Waals surface area contributed by atoms with E-state index in [-0.39, 0.29) is 23.6 Å². The standard InChI is InChI=1S/C22H17F3N4O3S/c1-2-33(31,32)18-17-10-15(22(23,24)25)5-8-29(17)27-19(18)28-11-13-3-4-14(9-16(13)20(28)30)21(12-26)6-7-21/h3-5,8-10H,2,6-7,11H2,1H3. The maximum atomic E-state index is 13.3. The Morgan fingerprint density at radius 3 is 2.55 bits per heavy atom. The van der Waals surface area contributed by atoms with Crippen molar-refractivity contribution in [3.05, 3.63) is 58.8 Å². The van der Waals surface area contributed by atoms with E-state index >= 15 is 0 Å². The molecule has 33 heavy (non-hydrogen) atoms. The van der Waals surface area contributed by atoms with Gasteiger partial charge in [-0.15, -0.1) is 5.10 Å². The predicted molar refractivity (Wildman–Crippen MR) is 111 cm³/mol. The summed E-state index contributed by atoms with van der Waals surface area (Å²) in [5.74, 6) is -1.09.